The number of rotatable bonds is 2. The first kappa shape index (κ1) is 13.7. The molecule has 0 radical (unpaired) electrons. The summed E-state index contributed by atoms with van der Waals surface area (Å²) in [5.74, 6) is -0.900. The maximum absolute atomic E-state index is 9.83. The van der Waals surface area contributed by atoms with Crippen molar-refractivity contribution >= 4 is 16.4 Å². The van der Waals surface area contributed by atoms with Crippen LogP contribution in [0.4, 0.5) is 0 Å². The Morgan fingerprint density at radius 3 is 1.67 bits per heavy atom. The fourth-order valence-corrected chi connectivity index (χ4v) is 0.151. The van der Waals surface area contributed by atoms with E-state index in [1.54, 1.807) is 6.92 Å². The molecule has 0 fully saturated rings. The van der Waals surface area contributed by atoms with E-state index in [0.29, 0.717) is 6.42 Å². The molecule has 0 aliphatic carbocycles. The molecule has 0 aromatic rings. The zero-order valence-electron chi connectivity index (χ0n) is 6.39. The topological polar surface area (TPSA) is 112 Å². The summed E-state index contributed by atoms with van der Waals surface area (Å²) in [4.78, 5) is 9.83. The van der Waals surface area contributed by atoms with Gasteiger partial charge in [0.2, 0.25) is 0 Å². The van der Waals surface area contributed by atoms with Crippen LogP contribution in [0.2, 0.25) is 0 Å². The van der Waals surface area contributed by atoms with Crippen molar-refractivity contribution in [1.82, 2.24) is 0 Å². The predicted molar refractivity (Wildman–Crippen MR) is 41.2 cm³/mol. The molecule has 0 bridgehead atoms. The maximum atomic E-state index is 9.83. The van der Waals surface area contributed by atoms with E-state index in [-0.39, 0.29) is 5.57 Å². The first-order valence-electron chi connectivity index (χ1n) is 2.79. The van der Waals surface area contributed by atoms with Crippen molar-refractivity contribution in [3.63, 3.8) is 0 Å². The van der Waals surface area contributed by atoms with Gasteiger partial charge in [-0.05, 0) is 6.42 Å². The number of carboxylic acid groups (broad SMARTS) is 1. The minimum absolute atomic E-state index is 0.264. The van der Waals surface area contributed by atoms with Crippen molar-refractivity contribution in [2.24, 2.45) is 0 Å². The molecule has 6 nitrogen and oxygen atoms in total. The molecule has 0 spiro atoms. The molecule has 0 saturated heterocycles. The molecule has 0 unspecified atom stereocenters. The second-order valence-corrected chi connectivity index (χ2v) is 2.61. The van der Waals surface area contributed by atoms with Crippen LogP contribution in [0.15, 0.2) is 12.2 Å². The summed E-state index contributed by atoms with van der Waals surface area (Å²) in [6.07, 6.45) is 0.523. The van der Waals surface area contributed by atoms with Gasteiger partial charge in [-0.15, -0.1) is 0 Å². The summed E-state index contributed by atoms with van der Waals surface area (Å²) in [5.41, 5.74) is 0.264. The van der Waals surface area contributed by atoms with Crippen LogP contribution < -0.4 is 0 Å². The van der Waals surface area contributed by atoms with Crippen molar-refractivity contribution in [3.05, 3.63) is 12.2 Å². The first-order chi connectivity index (χ1) is 5.18. The number of aliphatic carboxylic acids is 1. The molecule has 0 heterocycles. The Balaban J connectivity index is 0. The minimum atomic E-state index is -4.67. The lowest BCUT2D eigenvalue weighted by molar-refractivity contribution is -0.132. The van der Waals surface area contributed by atoms with Crippen molar-refractivity contribution < 1.29 is 27.4 Å². The van der Waals surface area contributed by atoms with Crippen molar-refractivity contribution in [1.29, 1.82) is 0 Å². The Bertz CT molecular complexity index is 243. The van der Waals surface area contributed by atoms with Crippen LogP contribution in [-0.4, -0.2) is 28.6 Å². The van der Waals surface area contributed by atoms with E-state index >= 15 is 0 Å². The monoisotopic (exact) mass is 198 g/mol. The smallest absolute Gasteiger partial charge is 0.394 e. The SMILES string of the molecule is C=C(CC)C(=O)O.O=S(=O)(O)O. The summed E-state index contributed by atoms with van der Waals surface area (Å²) in [7, 11) is -4.67. The number of carboxylic acids is 1. The Hall–Kier alpha value is -0.920. The second kappa shape index (κ2) is 5.70. The predicted octanol–water partition coefficient (Wildman–Crippen LogP) is 0.384. The molecule has 12 heavy (non-hydrogen) atoms. The van der Waals surface area contributed by atoms with Crippen LogP contribution in [0, 0.1) is 0 Å². The highest BCUT2D eigenvalue weighted by Gasteiger charge is 1.96. The summed E-state index contributed by atoms with van der Waals surface area (Å²) < 4.78 is 31.6. The molecule has 72 valence electrons. The van der Waals surface area contributed by atoms with Gasteiger partial charge in [0.25, 0.3) is 0 Å². The van der Waals surface area contributed by atoms with E-state index in [2.05, 4.69) is 6.58 Å². The molecule has 7 heteroatoms. The second-order valence-electron chi connectivity index (χ2n) is 1.71. The van der Waals surface area contributed by atoms with Gasteiger partial charge in [0.1, 0.15) is 0 Å². The van der Waals surface area contributed by atoms with E-state index in [1.165, 1.54) is 0 Å². The molecule has 0 aromatic heterocycles. The molecular formula is C5H10O6S. The standard InChI is InChI=1S/C5H8O2.H2O4S/c1-3-4(2)5(6)7;1-5(2,3)4/h2-3H2,1H3,(H,6,7);(H2,1,2,3,4). The van der Waals surface area contributed by atoms with Gasteiger partial charge >= 0.3 is 16.4 Å². The quantitative estimate of drug-likeness (QED) is 0.437. The third kappa shape index (κ3) is 23.0. The minimum Gasteiger partial charge on any atom is -0.478 e. The number of hydrogen-bond donors (Lipinski definition) is 3. The van der Waals surface area contributed by atoms with Crippen LogP contribution in [0.1, 0.15) is 13.3 Å². The largest absolute Gasteiger partial charge is 0.478 e. The molecular weight excluding hydrogens is 188 g/mol. The summed E-state index contributed by atoms with van der Waals surface area (Å²) >= 11 is 0. The van der Waals surface area contributed by atoms with Gasteiger partial charge in [0.05, 0.1) is 0 Å². The normalized spacial score (nSPS) is 9.58. The zero-order valence-corrected chi connectivity index (χ0v) is 7.21. The lowest BCUT2D eigenvalue weighted by Crippen LogP contribution is -1.95. The molecule has 0 aliphatic heterocycles. The van der Waals surface area contributed by atoms with E-state index in [0.717, 1.165) is 0 Å². The molecule has 0 rings (SSSR count). The summed E-state index contributed by atoms with van der Waals surface area (Å²) in [6, 6.07) is 0. The van der Waals surface area contributed by atoms with Crippen LogP contribution in [-0.2, 0) is 15.2 Å². The fraction of sp³-hybridized carbons (Fsp3) is 0.400. The molecule has 0 aromatic carbocycles. The van der Waals surface area contributed by atoms with Crippen molar-refractivity contribution in [3.8, 4) is 0 Å². The van der Waals surface area contributed by atoms with Gasteiger partial charge in [-0.25, -0.2) is 4.79 Å². The third-order valence-electron chi connectivity index (χ3n) is 0.729. The molecule has 0 aliphatic rings. The Kier molecular flexibility index (Phi) is 6.48. The Morgan fingerprint density at radius 2 is 1.67 bits per heavy atom. The fourth-order valence-electron chi connectivity index (χ4n) is 0.151. The highest BCUT2D eigenvalue weighted by Crippen LogP contribution is 1.93. The third-order valence-corrected chi connectivity index (χ3v) is 0.729. The van der Waals surface area contributed by atoms with Gasteiger partial charge in [-0.3, -0.25) is 9.11 Å². The average molecular weight is 198 g/mol. The molecule has 0 saturated carbocycles. The van der Waals surface area contributed by atoms with E-state index in [1.807, 2.05) is 0 Å². The molecule has 0 amide bonds. The van der Waals surface area contributed by atoms with Gasteiger partial charge in [0.15, 0.2) is 0 Å². The first-order valence-corrected chi connectivity index (χ1v) is 4.19. The van der Waals surface area contributed by atoms with Crippen LogP contribution in [0.3, 0.4) is 0 Å². The van der Waals surface area contributed by atoms with Gasteiger partial charge in [-0.2, -0.15) is 8.42 Å². The van der Waals surface area contributed by atoms with E-state index < -0.39 is 16.4 Å². The summed E-state index contributed by atoms with van der Waals surface area (Å²) in [6.45, 7) is 5.03. The van der Waals surface area contributed by atoms with Gasteiger partial charge < -0.3 is 5.11 Å². The Labute approximate surface area is 70.1 Å². The maximum Gasteiger partial charge on any atom is 0.394 e. The van der Waals surface area contributed by atoms with Crippen LogP contribution in [0.5, 0.6) is 0 Å². The number of carbonyl (C=O) groups is 1. The molecule has 3 N–H and O–H groups in total. The van der Waals surface area contributed by atoms with Crippen LogP contribution >= 0.6 is 0 Å². The summed E-state index contributed by atoms with van der Waals surface area (Å²) in [5, 5.41) is 8.08. The zero-order chi connectivity index (χ0) is 10.4. The average Bonchev–Trinajstić information content (AvgIpc) is 1.82. The highest BCUT2D eigenvalue weighted by atomic mass is 32.3. The number of hydrogen-bond acceptors (Lipinski definition) is 3. The highest BCUT2D eigenvalue weighted by molar-refractivity contribution is 7.79. The lowest BCUT2D eigenvalue weighted by Gasteiger charge is -1.87. The molecule has 0 atom stereocenters. The van der Waals surface area contributed by atoms with Crippen molar-refractivity contribution in [2.45, 2.75) is 13.3 Å². The Morgan fingerprint density at radius 1 is 1.42 bits per heavy atom. The van der Waals surface area contributed by atoms with Crippen molar-refractivity contribution in [2.75, 3.05) is 0 Å². The van der Waals surface area contributed by atoms with Gasteiger partial charge in [0, 0.05) is 5.57 Å². The van der Waals surface area contributed by atoms with Crippen LogP contribution in [0.25, 0.3) is 0 Å². The van der Waals surface area contributed by atoms with E-state index in [4.69, 9.17) is 22.6 Å². The van der Waals surface area contributed by atoms with E-state index in [9.17, 15) is 4.79 Å². The lowest BCUT2D eigenvalue weighted by atomic mass is 10.2. The van der Waals surface area contributed by atoms with Gasteiger partial charge in [-0.1, -0.05) is 13.5 Å².